The Bertz CT molecular complexity index is 728. The fraction of sp³-hybridized carbons (Fsp3) is 0.429. The maximum atomic E-state index is 12.1. The van der Waals surface area contributed by atoms with Gasteiger partial charge in [0.2, 0.25) is 0 Å². The van der Waals surface area contributed by atoms with Crippen molar-refractivity contribution in [2.24, 2.45) is 0 Å². The van der Waals surface area contributed by atoms with Crippen LogP contribution in [-0.2, 0) is 24.1 Å². The summed E-state index contributed by atoms with van der Waals surface area (Å²) in [4.78, 5) is 12.1. The first kappa shape index (κ1) is 16.0. The predicted octanol–water partition coefficient (Wildman–Crippen LogP) is 1.88. The van der Waals surface area contributed by atoms with Crippen molar-refractivity contribution in [3.63, 3.8) is 0 Å². The van der Waals surface area contributed by atoms with Crippen LogP contribution in [0.1, 0.15) is 35.1 Å². The number of halogens is 1. The van der Waals surface area contributed by atoms with Crippen LogP contribution in [0.3, 0.4) is 0 Å². The Kier molecular flexibility index (Phi) is 4.83. The monoisotopic (exact) mass is 321 g/mol. The highest BCUT2D eigenvalue weighted by molar-refractivity contribution is 5.92. The summed E-state index contributed by atoms with van der Waals surface area (Å²) in [7, 11) is 0. The fourth-order valence-electron chi connectivity index (χ4n) is 2.68. The lowest BCUT2D eigenvalue weighted by atomic mass is 9.94. The number of esters is 1. The third-order valence-electron chi connectivity index (χ3n) is 3.55. The molecule has 3 rings (SSSR count). The lowest BCUT2D eigenvalue weighted by Crippen LogP contribution is -2.10. The van der Waals surface area contributed by atoms with E-state index in [0.717, 1.165) is 28.9 Å². The van der Waals surface area contributed by atoms with Crippen LogP contribution in [0, 0.1) is 11.3 Å². The summed E-state index contributed by atoms with van der Waals surface area (Å²) in [6, 6.07) is 2.10. The number of hydrogen-bond donors (Lipinski definition) is 1. The Hall–Kier alpha value is -2.33. The number of H-pyrrole nitrogens is 1. The first-order chi connectivity index (χ1) is 10.3. The van der Waals surface area contributed by atoms with Crippen molar-refractivity contribution in [2.75, 3.05) is 6.61 Å². The van der Waals surface area contributed by atoms with Crippen molar-refractivity contribution in [3.8, 4) is 17.3 Å². The Morgan fingerprint density at radius 1 is 1.55 bits per heavy atom. The van der Waals surface area contributed by atoms with Gasteiger partial charge in [-0.1, -0.05) is 0 Å². The van der Waals surface area contributed by atoms with E-state index in [1.807, 2.05) is 0 Å². The molecule has 0 amide bonds. The van der Waals surface area contributed by atoms with Crippen molar-refractivity contribution in [2.45, 2.75) is 32.7 Å². The first-order valence-corrected chi connectivity index (χ1v) is 6.92. The SMILES string of the molecule is CCOC(=O)c1nn(CCC#N)c2c1CCc1[nH]ncc1-2.Cl. The molecule has 116 valence electrons. The van der Waals surface area contributed by atoms with Gasteiger partial charge in [-0.3, -0.25) is 9.78 Å². The Morgan fingerprint density at radius 2 is 2.36 bits per heavy atom. The molecule has 22 heavy (non-hydrogen) atoms. The molecule has 8 heteroatoms. The zero-order chi connectivity index (χ0) is 14.8. The number of ether oxygens (including phenoxy) is 1. The molecule has 2 aromatic heterocycles. The molecule has 0 fully saturated rings. The van der Waals surface area contributed by atoms with E-state index in [9.17, 15) is 4.79 Å². The number of aryl methyl sites for hydroxylation is 2. The molecule has 7 nitrogen and oxygen atoms in total. The van der Waals surface area contributed by atoms with Crippen molar-refractivity contribution < 1.29 is 9.53 Å². The van der Waals surface area contributed by atoms with Crippen molar-refractivity contribution in [1.29, 1.82) is 5.26 Å². The number of nitrogens with one attached hydrogen (secondary N) is 1. The highest BCUT2D eigenvalue weighted by Crippen LogP contribution is 2.34. The molecule has 0 radical (unpaired) electrons. The topological polar surface area (TPSA) is 96.6 Å². The van der Waals surface area contributed by atoms with E-state index in [1.54, 1.807) is 17.8 Å². The number of nitrogens with zero attached hydrogens (tertiary/aromatic N) is 4. The van der Waals surface area contributed by atoms with Gasteiger partial charge < -0.3 is 4.74 Å². The fourth-order valence-corrected chi connectivity index (χ4v) is 2.68. The second kappa shape index (κ2) is 6.62. The molecule has 0 aliphatic heterocycles. The van der Waals surface area contributed by atoms with E-state index in [2.05, 4.69) is 21.4 Å². The number of fused-ring (bicyclic) bond motifs is 3. The lowest BCUT2D eigenvalue weighted by molar-refractivity contribution is 0.0517. The number of aromatic nitrogens is 4. The Balaban J connectivity index is 0.00000176. The molecule has 0 saturated heterocycles. The first-order valence-electron chi connectivity index (χ1n) is 6.92. The van der Waals surface area contributed by atoms with Crippen LogP contribution < -0.4 is 0 Å². The van der Waals surface area contributed by atoms with Crippen LogP contribution >= 0.6 is 12.4 Å². The highest BCUT2D eigenvalue weighted by Gasteiger charge is 2.29. The number of carbonyl (C=O) groups is 1. The van der Waals surface area contributed by atoms with E-state index >= 15 is 0 Å². The van der Waals surface area contributed by atoms with Gasteiger partial charge in [-0.05, 0) is 19.8 Å². The zero-order valence-electron chi connectivity index (χ0n) is 12.1. The van der Waals surface area contributed by atoms with E-state index < -0.39 is 5.97 Å². The second-order valence-corrected chi connectivity index (χ2v) is 4.79. The normalized spacial score (nSPS) is 11.8. The van der Waals surface area contributed by atoms with Gasteiger partial charge in [0.05, 0.1) is 37.5 Å². The number of nitriles is 1. The van der Waals surface area contributed by atoms with E-state index in [-0.39, 0.29) is 12.4 Å². The van der Waals surface area contributed by atoms with E-state index in [1.165, 1.54) is 0 Å². The lowest BCUT2D eigenvalue weighted by Gasteiger charge is -2.13. The summed E-state index contributed by atoms with van der Waals surface area (Å²) in [5.41, 5.74) is 4.12. The number of aromatic amines is 1. The molecule has 0 atom stereocenters. The molecule has 2 aromatic rings. The van der Waals surface area contributed by atoms with Crippen LogP contribution in [0.2, 0.25) is 0 Å². The Morgan fingerprint density at radius 3 is 3.09 bits per heavy atom. The molecule has 1 aliphatic carbocycles. The van der Waals surface area contributed by atoms with Gasteiger partial charge in [0, 0.05) is 16.8 Å². The number of carbonyl (C=O) groups excluding carboxylic acids is 1. The minimum absolute atomic E-state index is 0. The van der Waals surface area contributed by atoms with Crippen LogP contribution in [-0.4, -0.2) is 32.6 Å². The number of hydrogen-bond acceptors (Lipinski definition) is 5. The smallest absolute Gasteiger partial charge is 0.359 e. The maximum absolute atomic E-state index is 12.1. The van der Waals surface area contributed by atoms with Gasteiger partial charge in [0.1, 0.15) is 0 Å². The van der Waals surface area contributed by atoms with Gasteiger partial charge in [-0.2, -0.15) is 15.5 Å². The second-order valence-electron chi connectivity index (χ2n) is 4.79. The molecule has 0 unspecified atom stereocenters. The summed E-state index contributed by atoms with van der Waals surface area (Å²) in [6.07, 6.45) is 3.58. The minimum Gasteiger partial charge on any atom is -0.461 e. The Labute approximate surface area is 133 Å². The third-order valence-corrected chi connectivity index (χ3v) is 3.55. The average molecular weight is 322 g/mol. The van der Waals surface area contributed by atoms with Crippen LogP contribution in [0.15, 0.2) is 6.20 Å². The summed E-state index contributed by atoms with van der Waals surface area (Å²) in [5.74, 6) is -0.406. The largest absolute Gasteiger partial charge is 0.461 e. The van der Waals surface area contributed by atoms with Gasteiger partial charge >= 0.3 is 5.97 Å². The quantitative estimate of drug-likeness (QED) is 0.867. The molecule has 1 N–H and O–H groups in total. The molecule has 0 spiro atoms. The molecular weight excluding hydrogens is 306 g/mol. The summed E-state index contributed by atoms with van der Waals surface area (Å²) >= 11 is 0. The maximum Gasteiger partial charge on any atom is 0.359 e. The van der Waals surface area contributed by atoms with Crippen molar-refractivity contribution >= 4 is 18.4 Å². The molecular formula is C14H16ClN5O2. The summed E-state index contributed by atoms with van der Waals surface area (Å²) < 4.78 is 6.80. The van der Waals surface area contributed by atoms with Crippen molar-refractivity contribution in [3.05, 3.63) is 23.1 Å². The van der Waals surface area contributed by atoms with E-state index in [4.69, 9.17) is 10.00 Å². The third kappa shape index (κ3) is 2.57. The molecule has 0 saturated carbocycles. The van der Waals surface area contributed by atoms with Crippen molar-refractivity contribution in [1.82, 2.24) is 20.0 Å². The van der Waals surface area contributed by atoms with Crippen LogP contribution in [0.5, 0.6) is 0 Å². The van der Waals surface area contributed by atoms with E-state index in [0.29, 0.717) is 31.7 Å². The predicted molar refractivity (Wildman–Crippen MR) is 80.7 cm³/mol. The van der Waals surface area contributed by atoms with Gasteiger partial charge in [0.15, 0.2) is 5.69 Å². The zero-order valence-corrected chi connectivity index (χ0v) is 12.9. The van der Waals surface area contributed by atoms with Gasteiger partial charge in [0.25, 0.3) is 0 Å². The molecule has 2 heterocycles. The average Bonchev–Trinajstić information content (AvgIpc) is 3.09. The molecule has 1 aliphatic rings. The standard InChI is InChI=1S/C14H15N5O2.ClH/c1-2-21-14(20)12-9-4-5-11-10(8-16-17-11)13(9)19(18-12)7-3-6-15;/h8H,2-5,7H2,1H3,(H,16,17);1H. The van der Waals surface area contributed by atoms with Crippen LogP contribution in [0.25, 0.3) is 11.3 Å². The molecule has 0 aromatic carbocycles. The highest BCUT2D eigenvalue weighted by atomic mass is 35.5. The van der Waals surface area contributed by atoms with Crippen LogP contribution in [0.4, 0.5) is 0 Å². The number of rotatable bonds is 4. The van der Waals surface area contributed by atoms with Gasteiger partial charge in [-0.15, -0.1) is 12.4 Å². The van der Waals surface area contributed by atoms with Gasteiger partial charge in [-0.25, -0.2) is 4.79 Å². The minimum atomic E-state index is -0.406. The summed E-state index contributed by atoms with van der Waals surface area (Å²) in [5, 5.41) is 20.2. The summed E-state index contributed by atoms with van der Waals surface area (Å²) in [6.45, 7) is 2.53. The molecule has 0 bridgehead atoms.